The van der Waals surface area contributed by atoms with Gasteiger partial charge in [-0.2, -0.15) is 0 Å². The third-order valence-electron chi connectivity index (χ3n) is 9.11. The first-order chi connectivity index (χ1) is 22.9. The lowest BCUT2D eigenvalue weighted by Gasteiger charge is -2.43. The van der Waals surface area contributed by atoms with E-state index in [9.17, 15) is 0 Å². The van der Waals surface area contributed by atoms with Crippen LogP contribution in [-0.2, 0) is 4.74 Å². The summed E-state index contributed by atoms with van der Waals surface area (Å²) in [6.45, 7) is 0.568. The quantitative estimate of drug-likeness (QED) is 0.186. The smallest absolute Gasteiger partial charge is 0.293 e. The van der Waals surface area contributed by atoms with Crippen LogP contribution in [0.5, 0.6) is 0 Å². The van der Waals surface area contributed by atoms with Crippen molar-refractivity contribution in [2.24, 2.45) is 0 Å². The second-order valence-electron chi connectivity index (χ2n) is 11.7. The minimum Gasteiger partial charge on any atom is -0.501 e. The predicted molar refractivity (Wildman–Crippen MR) is 188 cm³/mol. The highest BCUT2D eigenvalue weighted by Gasteiger charge is 2.46. The molecule has 0 aliphatic carbocycles. The second kappa shape index (κ2) is 10.9. The number of ether oxygens (including phenoxy) is 1. The molecule has 5 nitrogen and oxygen atoms in total. The minimum atomic E-state index is -0.0489. The average Bonchev–Trinajstić information content (AvgIpc) is 3.47. The van der Waals surface area contributed by atoms with Gasteiger partial charge in [-0.25, -0.2) is 0 Å². The first kappa shape index (κ1) is 26.5. The number of nitrogens with zero attached hydrogens (tertiary/aromatic N) is 3. The number of benzene rings is 5. The van der Waals surface area contributed by atoms with E-state index in [1.54, 1.807) is 0 Å². The maximum atomic E-state index is 6.43. The van der Waals surface area contributed by atoms with Crippen molar-refractivity contribution >= 4 is 63.3 Å². The van der Waals surface area contributed by atoms with Gasteiger partial charge in [0.25, 0.3) is 6.71 Å². The van der Waals surface area contributed by atoms with Crippen molar-refractivity contribution in [1.29, 1.82) is 0 Å². The van der Waals surface area contributed by atoms with Crippen LogP contribution >= 0.6 is 0 Å². The van der Waals surface area contributed by atoms with Crippen molar-refractivity contribution < 1.29 is 9.15 Å². The molecule has 5 aromatic carbocycles. The molecule has 6 heteroatoms. The Morgan fingerprint density at radius 3 is 1.78 bits per heavy atom. The fourth-order valence-electron chi connectivity index (χ4n) is 7.25. The van der Waals surface area contributed by atoms with E-state index in [1.165, 1.54) is 10.9 Å². The zero-order valence-corrected chi connectivity index (χ0v) is 25.2. The van der Waals surface area contributed by atoms with Gasteiger partial charge in [0.2, 0.25) is 0 Å². The molecule has 0 saturated carbocycles. The number of hydrogen-bond acceptors (Lipinski definition) is 5. The molecular weight excluding hydrogens is 565 g/mol. The summed E-state index contributed by atoms with van der Waals surface area (Å²) in [6.07, 6.45) is 6.60. The van der Waals surface area contributed by atoms with Crippen molar-refractivity contribution in [3.8, 4) is 0 Å². The monoisotopic (exact) mass is 595 g/mol. The molecule has 3 aliphatic heterocycles. The zero-order valence-electron chi connectivity index (χ0n) is 25.2. The molecule has 0 amide bonds. The molecule has 1 aromatic heterocycles. The number of allylic oxidation sites excluding steroid dienone is 1. The molecule has 0 spiro atoms. The third kappa shape index (κ3) is 4.18. The lowest BCUT2D eigenvalue weighted by atomic mass is 9.34. The molecule has 0 radical (unpaired) electrons. The summed E-state index contributed by atoms with van der Waals surface area (Å²) in [5, 5.41) is 0. The van der Waals surface area contributed by atoms with Crippen LogP contribution in [0.4, 0.5) is 45.5 Å². The van der Waals surface area contributed by atoms with E-state index in [0.717, 1.165) is 63.3 Å². The number of rotatable bonds is 5. The van der Waals surface area contributed by atoms with Gasteiger partial charge in [-0.05, 0) is 84.7 Å². The SMILES string of the molecule is C1=CC2=C(CCO1)B1c3occc3N(c3ccccc3)c3cc(N(c4ccccc4)c4ccccc4)cc(c31)N2c1ccccc1. The Kier molecular flexibility index (Phi) is 6.30. The Morgan fingerprint density at radius 1 is 0.587 bits per heavy atom. The summed E-state index contributed by atoms with van der Waals surface area (Å²) in [5.74, 6) is 0. The second-order valence-corrected chi connectivity index (χ2v) is 11.7. The number of hydrogen-bond donors (Lipinski definition) is 0. The molecule has 4 heterocycles. The van der Waals surface area contributed by atoms with Crippen LogP contribution in [0.1, 0.15) is 6.42 Å². The summed E-state index contributed by atoms with van der Waals surface area (Å²) in [6, 6.07) is 49.3. The van der Waals surface area contributed by atoms with Crippen LogP contribution < -0.4 is 25.8 Å². The number of furan rings is 1. The highest BCUT2D eigenvalue weighted by atomic mass is 16.5. The Bertz CT molecular complexity index is 2050. The molecule has 9 rings (SSSR count). The van der Waals surface area contributed by atoms with Gasteiger partial charge in [-0.15, -0.1) is 0 Å². The molecule has 0 atom stereocenters. The molecule has 0 unspecified atom stereocenters. The molecule has 3 aliphatic rings. The van der Waals surface area contributed by atoms with Crippen LogP contribution in [0.3, 0.4) is 0 Å². The van der Waals surface area contributed by atoms with Crippen molar-refractivity contribution in [2.75, 3.05) is 21.3 Å². The van der Waals surface area contributed by atoms with Crippen molar-refractivity contribution in [2.45, 2.75) is 6.42 Å². The van der Waals surface area contributed by atoms with E-state index >= 15 is 0 Å². The Labute approximate surface area is 269 Å². The molecule has 0 fully saturated rings. The first-order valence-corrected chi connectivity index (χ1v) is 15.7. The van der Waals surface area contributed by atoms with Gasteiger partial charge in [0.1, 0.15) is 0 Å². The summed E-state index contributed by atoms with van der Waals surface area (Å²) in [7, 11) is 0. The largest absolute Gasteiger partial charge is 0.501 e. The lowest BCUT2D eigenvalue weighted by molar-refractivity contribution is 0.257. The lowest BCUT2D eigenvalue weighted by Crippen LogP contribution is -2.55. The molecule has 0 saturated heterocycles. The van der Waals surface area contributed by atoms with E-state index in [-0.39, 0.29) is 6.71 Å². The molecule has 6 aromatic rings. The fourth-order valence-corrected chi connectivity index (χ4v) is 7.25. The molecule has 0 bridgehead atoms. The van der Waals surface area contributed by atoms with Crippen LogP contribution in [0.2, 0.25) is 0 Å². The van der Waals surface area contributed by atoms with Gasteiger partial charge in [-0.3, -0.25) is 0 Å². The van der Waals surface area contributed by atoms with E-state index < -0.39 is 0 Å². The van der Waals surface area contributed by atoms with Crippen LogP contribution in [0.15, 0.2) is 174 Å². The van der Waals surface area contributed by atoms with E-state index in [2.05, 4.69) is 160 Å². The average molecular weight is 596 g/mol. The normalized spacial score (nSPS) is 14.7. The van der Waals surface area contributed by atoms with Gasteiger partial charge in [0.05, 0.1) is 36.2 Å². The standard InChI is InChI=1S/C40H30BN3O2/c1-5-13-29(14-6-1)42(30-15-7-2-8-16-30)33-27-37-39-38(28-33)44(32-19-11-4-12-20-32)36-23-26-46-40(36)41(39)34-21-24-45-25-22-35(34)43(37)31-17-9-3-10-18-31/h1-20,22-23,25-28H,21,24H2. The first-order valence-electron chi connectivity index (χ1n) is 15.7. The highest BCUT2D eigenvalue weighted by Crippen LogP contribution is 2.48. The van der Waals surface area contributed by atoms with Crippen LogP contribution in [0.25, 0.3) is 0 Å². The molecular formula is C40H30BN3O2. The highest BCUT2D eigenvalue weighted by molar-refractivity contribution is 6.94. The van der Waals surface area contributed by atoms with E-state index in [1.807, 2.05) is 12.5 Å². The Balaban J connectivity index is 1.40. The predicted octanol–water partition coefficient (Wildman–Crippen LogP) is 9.02. The molecule has 0 N–H and O–H groups in total. The fraction of sp³-hybridized carbons (Fsp3) is 0.0500. The van der Waals surface area contributed by atoms with Gasteiger partial charge in [-0.1, -0.05) is 78.3 Å². The molecule has 46 heavy (non-hydrogen) atoms. The van der Waals surface area contributed by atoms with Gasteiger partial charge in [0.15, 0.2) is 0 Å². The van der Waals surface area contributed by atoms with Gasteiger partial charge < -0.3 is 23.9 Å². The zero-order chi connectivity index (χ0) is 30.5. The minimum absolute atomic E-state index is 0.0489. The van der Waals surface area contributed by atoms with Crippen LogP contribution in [-0.4, -0.2) is 13.3 Å². The van der Waals surface area contributed by atoms with Crippen molar-refractivity contribution in [3.63, 3.8) is 0 Å². The summed E-state index contributed by atoms with van der Waals surface area (Å²) < 4.78 is 12.4. The summed E-state index contributed by atoms with van der Waals surface area (Å²) in [5.41, 5.74) is 13.4. The topological polar surface area (TPSA) is 32.1 Å². The summed E-state index contributed by atoms with van der Waals surface area (Å²) >= 11 is 0. The summed E-state index contributed by atoms with van der Waals surface area (Å²) in [4.78, 5) is 7.12. The van der Waals surface area contributed by atoms with E-state index in [4.69, 9.17) is 9.15 Å². The number of anilines is 8. The maximum absolute atomic E-state index is 6.43. The van der Waals surface area contributed by atoms with Crippen molar-refractivity contribution in [3.05, 3.63) is 169 Å². The van der Waals surface area contributed by atoms with Gasteiger partial charge >= 0.3 is 0 Å². The van der Waals surface area contributed by atoms with Crippen LogP contribution in [0, 0.1) is 0 Å². The van der Waals surface area contributed by atoms with Crippen molar-refractivity contribution in [1.82, 2.24) is 0 Å². The number of para-hydroxylation sites is 4. The Hall–Kier alpha value is -5.88. The Morgan fingerprint density at radius 2 is 1.15 bits per heavy atom. The third-order valence-corrected chi connectivity index (χ3v) is 9.11. The maximum Gasteiger partial charge on any atom is 0.293 e. The van der Waals surface area contributed by atoms with E-state index in [0.29, 0.717) is 6.61 Å². The van der Waals surface area contributed by atoms with Gasteiger partial charge in [0, 0.05) is 39.8 Å². The molecule has 220 valence electrons. The number of fused-ring (bicyclic) bond motifs is 3.